The topological polar surface area (TPSA) is 95.9 Å². The van der Waals surface area contributed by atoms with Crippen molar-refractivity contribution >= 4 is 11.9 Å². The minimum atomic E-state index is -1.82. The van der Waals surface area contributed by atoms with Crippen LogP contribution in [0.1, 0.15) is 31.9 Å². The maximum Gasteiger partial charge on any atom is 0.414 e. The van der Waals surface area contributed by atoms with Crippen LogP contribution in [0.2, 0.25) is 0 Å². The van der Waals surface area contributed by atoms with Gasteiger partial charge in [-0.15, -0.1) is 6.58 Å². The van der Waals surface area contributed by atoms with Crippen molar-refractivity contribution in [2.75, 3.05) is 19.7 Å². The molecule has 1 aromatic rings. The Morgan fingerprint density at radius 1 is 1.25 bits per heavy atom. The van der Waals surface area contributed by atoms with E-state index in [1.54, 1.807) is 0 Å². The van der Waals surface area contributed by atoms with Crippen molar-refractivity contribution < 1.29 is 24.5 Å². The highest BCUT2D eigenvalue weighted by Crippen LogP contribution is 2.31. The molecule has 0 aliphatic rings. The summed E-state index contributed by atoms with van der Waals surface area (Å²) < 4.78 is 5.89. The Bertz CT molecular complexity index is 549. The van der Waals surface area contributed by atoms with E-state index in [1.165, 1.54) is 11.1 Å². The number of hydrogen-bond donors (Lipinski definition) is 3. The van der Waals surface area contributed by atoms with E-state index in [9.17, 15) is 0 Å². The fraction of sp³-hybridized carbons (Fsp3) is 0.444. The van der Waals surface area contributed by atoms with Crippen LogP contribution in [0.5, 0.6) is 5.75 Å². The summed E-state index contributed by atoms with van der Waals surface area (Å²) in [6.45, 7) is 14.7. The lowest BCUT2D eigenvalue weighted by molar-refractivity contribution is -0.159. The van der Waals surface area contributed by atoms with Crippen molar-refractivity contribution in [3.8, 4) is 5.75 Å². The van der Waals surface area contributed by atoms with Crippen molar-refractivity contribution in [2.24, 2.45) is 0 Å². The molecular formula is C18H27NO5. The van der Waals surface area contributed by atoms with Crippen LogP contribution in [0.4, 0.5) is 0 Å². The van der Waals surface area contributed by atoms with Gasteiger partial charge in [-0.05, 0) is 29.5 Å². The molecule has 6 nitrogen and oxygen atoms in total. The van der Waals surface area contributed by atoms with E-state index in [4.69, 9.17) is 24.5 Å². The number of benzene rings is 1. The summed E-state index contributed by atoms with van der Waals surface area (Å²) >= 11 is 0. The lowest BCUT2D eigenvalue weighted by Crippen LogP contribution is -2.22. The van der Waals surface area contributed by atoms with Crippen LogP contribution >= 0.6 is 0 Å². The molecule has 0 saturated heterocycles. The third kappa shape index (κ3) is 8.95. The molecule has 0 radical (unpaired) electrons. The molecule has 1 rings (SSSR count). The van der Waals surface area contributed by atoms with Crippen molar-refractivity contribution in [2.45, 2.75) is 33.1 Å². The zero-order chi connectivity index (χ0) is 18.8. The second-order valence-electron chi connectivity index (χ2n) is 6.20. The maximum atomic E-state index is 9.10. The van der Waals surface area contributed by atoms with Crippen molar-refractivity contribution in [3.63, 3.8) is 0 Å². The van der Waals surface area contributed by atoms with Crippen LogP contribution in [0.3, 0.4) is 0 Å². The second kappa shape index (κ2) is 10.4. The summed E-state index contributed by atoms with van der Waals surface area (Å²) in [5.74, 6) is -2.65. The van der Waals surface area contributed by atoms with E-state index in [-0.39, 0.29) is 5.41 Å². The van der Waals surface area contributed by atoms with Crippen molar-refractivity contribution in [1.29, 1.82) is 0 Å². The first-order chi connectivity index (χ1) is 11.1. The molecule has 0 heterocycles. The number of aryl methyl sites for hydroxylation is 1. The average Bonchev–Trinajstić information content (AvgIpc) is 2.46. The van der Waals surface area contributed by atoms with Gasteiger partial charge in [0, 0.05) is 13.1 Å². The fourth-order valence-corrected chi connectivity index (χ4v) is 1.81. The molecule has 0 spiro atoms. The van der Waals surface area contributed by atoms with Crippen LogP contribution in [-0.2, 0) is 15.0 Å². The molecule has 0 atom stereocenters. The van der Waals surface area contributed by atoms with Crippen LogP contribution in [0.15, 0.2) is 30.9 Å². The van der Waals surface area contributed by atoms with E-state index in [0.717, 1.165) is 18.8 Å². The highest BCUT2D eigenvalue weighted by molar-refractivity contribution is 6.27. The summed E-state index contributed by atoms with van der Waals surface area (Å²) in [4.78, 5) is 18.2. The highest BCUT2D eigenvalue weighted by Gasteiger charge is 2.18. The second-order valence-corrected chi connectivity index (χ2v) is 6.20. The summed E-state index contributed by atoms with van der Waals surface area (Å²) in [7, 11) is 0. The Labute approximate surface area is 143 Å². The van der Waals surface area contributed by atoms with Gasteiger partial charge in [-0.2, -0.15) is 0 Å². The molecule has 0 bridgehead atoms. The van der Waals surface area contributed by atoms with Crippen molar-refractivity contribution in [3.05, 3.63) is 42.0 Å². The van der Waals surface area contributed by atoms with E-state index in [0.29, 0.717) is 6.61 Å². The Morgan fingerprint density at radius 2 is 1.83 bits per heavy atom. The van der Waals surface area contributed by atoms with Gasteiger partial charge in [0.25, 0.3) is 0 Å². The third-order valence-corrected chi connectivity index (χ3v) is 2.95. The molecule has 0 aliphatic carbocycles. The molecular weight excluding hydrogens is 310 g/mol. The zero-order valence-electron chi connectivity index (χ0n) is 14.8. The molecule has 0 aromatic heterocycles. The van der Waals surface area contributed by atoms with Gasteiger partial charge >= 0.3 is 11.9 Å². The predicted octanol–water partition coefficient (Wildman–Crippen LogP) is 2.60. The van der Waals surface area contributed by atoms with Gasteiger partial charge in [-0.3, -0.25) is 0 Å². The number of carboxylic acids is 2. The summed E-state index contributed by atoms with van der Waals surface area (Å²) in [5, 5.41) is 18.0. The quantitative estimate of drug-likeness (QED) is 0.419. The van der Waals surface area contributed by atoms with Gasteiger partial charge in [0.15, 0.2) is 0 Å². The molecule has 134 valence electrons. The summed E-state index contributed by atoms with van der Waals surface area (Å²) in [6.07, 6.45) is 1.85. The lowest BCUT2D eigenvalue weighted by atomic mass is 9.86. The first-order valence-corrected chi connectivity index (χ1v) is 7.61. The van der Waals surface area contributed by atoms with Crippen LogP contribution in [-0.4, -0.2) is 41.8 Å². The Hall–Kier alpha value is -2.34. The SMILES string of the molecule is C=CCNCCOc1cc(C)ccc1C(C)(C)C.O=C(O)C(=O)O. The van der Waals surface area contributed by atoms with E-state index in [2.05, 4.69) is 57.8 Å². The van der Waals surface area contributed by atoms with Gasteiger partial charge in [-0.1, -0.05) is 39.0 Å². The average molecular weight is 337 g/mol. The zero-order valence-corrected chi connectivity index (χ0v) is 14.8. The largest absolute Gasteiger partial charge is 0.492 e. The maximum absolute atomic E-state index is 9.10. The van der Waals surface area contributed by atoms with E-state index >= 15 is 0 Å². The van der Waals surface area contributed by atoms with Gasteiger partial charge in [0.2, 0.25) is 0 Å². The molecule has 1 aromatic carbocycles. The van der Waals surface area contributed by atoms with Gasteiger partial charge in [0.1, 0.15) is 12.4 Å². The monoisotopic (exact) mass is 337 g/mol. The number of aliphatic carboxylic acids is 2. The number of rotatable bonds is 6. The van der Waals surface area contributed by atoms with E-state index < -0.39 is 11.9 Å². The van der Waals surface area contributed by atoms with Crippen molar-refractivity contribution in [1.82, 2.24) is 5.32 Å². The molecule has 0 unspecified atom stereocenters. The van der Waals surface area contributed by atoms with Gasteiger partial charge in [0.05, 0.1) is 0 Å². The standard InChI is InChI=1S/C16H25NO.C2H2O4/c1-6-9-17-10-11-18-15-12-13(2)7-8-14(15)16(3,4)5;3-1(4)2(5)6/h6-8,12,17H,1,9-11H2,2-5H3;(H,3,4)(H,5,6). The minimum Gasteiger partial charge on any atom is -0.492 e. The third-order valence-electron chi connectivity index (χ3n) is 2.95. The lowest BCUT2D eigenvalue weighted by Gasteiger charge is -2.23. The summed E-state index contributed by atoms with van der Waals surface area (Å²) in [6, 6.07) is 6.43. The first kappa shape index (κ1) is 21.7. The molecule has 0 fully saturated rings. The molecule has 3 N–H and O–H groups in total. The van der Waals surface area contributed by atoms with E-state index in [1.807, 2.05) is 6.08 Å². The van der Waals surface area contributed by atoms with Crippen LogP contribution in [0.25, 0.3) is 0 Å². The normalized spacial score (nSPS) is 10.3. The smallest absolute Gasteiger partial charge is 0.414 e. The number of carboxylic acid groups (broad SMARTS) is 2. The minimum absolute atomic E-state index is 0.109. The van der Waals surface area contributed by atoms with Crippen LogP contribution in [0, 0.1) is 6.92 Å². The number of nitrogens with one attached hydrogen (secondary N) is 1. The predicted molar refractivity (Wildman–Crippen MR) is 93.7 cm³/mol. The number of carbonyl (C=O) groups is 2. The Morgan fingerprint density at radius 3 is 2.29 bits per heavy atom. The number of ether oxygens (including phenoxy) is 1. The Kier molecular flexibility index (Phi) is 9.42. The molecule has 0 saturated carbocycles. The molecule has 0 aliphatic heterocycles. The fourth-order valence-electron chi connectivity index (χ4n) is 1.81. The summed E-state index contributed by atoms with van der Waals surface area (Å²) in [5.41, 5.74) is 2.60. The number of hydrogen-bond acceptors (Lipinski definition) is 4. The molecule has 0 amide bonds. The molecule has 24 heavy (non-hydrogen) atoms. The highest BCUT2D eigenvalue weighted by atomic mass is 16.5. The van der Waals surface area contributed by atoms with Gasteiger partial charge < -0.3 is 20.3 Å². The van der Waals surface area contributed by atoms with Crippen LogP contribution < -0.4 is 10.1 Å². The first-order valence-electron chi connectivity index (χ1n) is 7.61. The Balaban J connectivity index is 0.000000754. The van der Waals surface area contributed by atoms with Gasteiger partial charge in [-0.25, -0.2) is 9.59 Å². The molecule has 6 heteroatoms.